The van der Waals surface area contributed by atoms with Crippen LogP contribution in [0.3, 0.4) is 0 Å². The number of carboxylic acids is 1. The van der Waals surface area contributed by atoms with Crippen molar-refractivity contribution < 1.29 is 19.4 Å². The van der Waals surface area contributed by atoms with Crippen molar-refractivity contribution in [3.63, 3.8) is 0 Å². The standard InChI is InChI=1S/C33H39N3O4S/c1-21-7-12-29(40-19-26-11-8-23(16-22(26)2)31(37)35-13-5-3-4-6-14-35)27(15-21)28-20-41-33(34-28)36-17-24-9-10-25(18-36)30(24)32(38)39/h7-8,11-12,15-16,20,24-25,30H,3-6,9-10,13-14,17-19H2,1-2H3,(H,38,39)/t24-,25+,30+. The van der Waals surface area contributed by atoms with Crippen LogP contribution in [0.15, 0.2) is 41.8 Å². The van der Waals surface area contributed by atoms with Crippen LogP contribution >= 0.6 is 11.3 Å². The van der Waals surface area contributed by atoms with E-state index in [0.29, 0.717) is 6.61 Å². The summed E-state index contributed by atoms with van der Waals surface area (Å²) in [6.45, 7) is 7.72. The zero-order valence-electron chi connectivity index (χ0n) is 24.0. The minimum absolute atomic E-state index is 0.128. The Kier molecular flexibility index (Phi) is 8.02. The van der Waals surface area contributed by atoms with Crippen LogP contribution in [0.4, 0.5) is 5.13 Å². The number of aliphatic carboxylic acids is 1. The van der Waals surface area contributed by atoms with E-state index in [0.717, 1.165) is 96.3 Å². The Morgan fingerprint density at radius 2 is 1.73 bits per heavy atom. The number of anilines is 1. The maximum Gasteiger partial charge on any atom is 0.307 e. The Hall–Kier alpha value is -3.39. The van der Waals surface area contributed by atoms with Crippen molar-refractivity contribution in [1.82, 2.24) is 9.88 Å². The molecule has 7 nitrogen and oxygen atoms in total. The number of aryl methyl sites for hydroxylation is 2. The molecule has 3 atom stereocenters. The third-order valence-electron chi connectivity index (χ3n) is 9.16. The van der Waals surface area contributed by atoms with E-state index in [9.17, 15) is 14.7 Å². The van der Waals surface area contributed by atoms with Crippen LogP contribution in [0.1, 0.15) is 65.6 Å². The topological polar surface area (TPSA) is 83.0 Å². The van der Waals surface area contributed by atoms with Crippen LogP contribution in [-0.2, 0) is 11.4 Å². The first kappa shape index (κ1) is 27.8. The lowest BCUT2D eigenvalue weighted by Crippen LogP contribution is -2.44. The fourth-order valence-corrected chi connectivity index (χ4v) is 7.73. The largest absolute Gasteiger partial charge is 0.488 e. The molecule has 1 aliphatic carbocycles. The average molecular weight is 574 g/mol. The summed E-state index contributed by atoms with van der Waals surface area (Å²) in [5.41, 5.74) is 5.83. The Labute approximate surface area is 246 Å². The monoisotopic (exact) mass is 573 g/mol. The quantitative estimate of drug-likeness (QED) is 0.344. The first-order valence-electron chi connectivity index (χ1n) is 14.9. The zero-order valence-corrected chi connectivity index (χ0v) is 24.8. The molecule has 2 saturated heterocycles. The molecule has 0 radical (unpaired) electrons. The number of piperidine rings is 1. The van der Waals surface area contributed by atoms with Crippen molar-refractivity contribution in [3.05, 3.63) is 64.0 Å². The molecule has 41 heavy (non-hydrogen) atoms. The summed E-state index contributed by atoms with van der Waals surface area (Å²) in [7, 11) is 0. The summed E-state index contributed by atoms with van der Waals surface area (Å²) >= 11 is 1.62. The lowest BCUT2D eigenvalue weighted by Gasteiger charge is -2.35. The zero-order chi connectivity index (χ0) is 28.5. The van der Waals surface area contributed by atoms with E-state index in [1.165, 1.54) is 12.8 Å². The van der Waals surface area contributed by atoms with Crippen molar-refractivity contribution in [1.29, 1.82) is 0 Å². The second-order valence-electron chi connectivity index (χ2n) is 12.0. The van der Waals surface area contributed by atoms with E-state index in [1.54, 1.807) is 11.3 Å². The van der Waals surface area contributed by atoms with Crippen LogP contribution in [0.25, 0.3) is 11.3 Å². The smallest absolute Gasteiger partial charge is 0.307 e. The van der Waals surface area contributed by atoms with Gasteiger partial charge in [0.05, 0.1) is 11.6 Å². The second kappa shape index (κ2) is 11.8. The Morgan fingerprint density at radius 3 is 2.41 bits per heavy atom. The number of likely N-dealkylation sites (tertiary alicyclic amines) is 1. The normalized spacial score (nSPS) is 22.4. The molecule has 1 amide bonds. The van der Waals surface area contributed by atoms with Crippen molar-refractivity contribution in [3.8, 4) is 17.0 Å². The van der Waals surface area contributed by atoms with Crippen LogP contribution < -0.4 is 9.64 Å². The fourth-order valence-electron chi connectivity index (χ4n) is 6.89. The molecular weight excluding hydrogens is 534 g/mol. The number of carbonyl (C=O) groups excluding carboxylic acids is 1. The number of nitrogens with zero attached hydrogens (tertiary/aromatic N) is 3. The second-order valence-corrected chi connectivity index (χ2v) is 12.9. The summed E-state index contributed by atoms with van der Waals surface area (Å²) in [6.07, 6.45) is 6.54. The maximum absolute atomic E-state index is 13.1. The third kappa shape index (κ3) is 5.85. The van der Waals surface area contributed by atoms with E-state index < -0.39 is 5.97 Å². The van der Waals surface area contributed by atoms with Gasteiger partial charge < -0.3 is 19.6 Å². The molecule has 3 fully saturated rings. The molecule has 6 rings (SSSR count). The van der Waals surface area contributed by atoms with Crippen LogP contribution in [0, 0.1) is 31.6 Å². The summed E-state index contributed by atoms with van der Waals surface area (Å²) in [5, 5.41) is 12.7. The minimum atomic E-state index is -0.646. The average Bonchev–Trinajstić information content (AvgIpc) is 3.44. The first-order chi connectivity index (χ1) is 19.9. The number of thiazole rings is 1. The van der Waals surface area contributed by atoms with Gasteiger partial charge in [0.2, 0.25) is 0 Å². The van der Waals surface area contributed by atoms with Gasteiger partial charge in [0, 0.05) is 42.7 Å². The number of fused-ring (bicyclic) bond motifs is 2. The van der Waals surface area contributed by atoms with Crippen molar-refractivity contribution in [2.45, 2.75) is 59.0 Å². The maximum atomic E-state index is 13.1. The SMILES string of the molecule is Cc1ccc(OCc2ccc(C(=O)N3CCCCCC3)cc2C)c(-c2csc(N3C[C@H]4CC[C@@H](C3)[C@H]4C(=O)O)n2)c1. The van der Waals surface area contributed by atoms with Gasteiger partial charge in [0.25, 0.3) is 5.91 Å². The predicted octanol–water partition coefficient (Wildman–Crippen LogP) is 6.57. The van der Waals surface area contributed by atoms with Crippen LogP contribution in [0.2, 0.25) is 0 Å². The predicted molar refractivity (Wildman–Crippen MR) is 162 cm³/mol. The van der Waals surface area contributed by atoms with Gasteiger partial charge in [-0.15, -0.1) is 11.3 Å². The molecule has 2 bridgehead atoms. The van der Waals surface area contributed by atoms with Gasteiger partial charge >= 0.3 is 5.97 Å². The molecule has 8 heteroatoms. The number of rotatable bonds is 7. The lowest BCUT2D eigenvalue weighted by atomic mass is 9.85. The number of amides is 1. The van der Waals surface area contributed by atoms with E-state index in [2.05, 4.69) is 29.3 Å². The summed E-state index contributed by atoms with van der Waals surface area (Å²) in [5.74, 6) is 0.445. The number of hydrogen-bond acceptors (Lipinski definition) is 6. The number of aromatic nitrogens is 1. The van der Waals surface area contributed by atoms with E-state index >= 15 is 0 Å². The van der Waals surface area contributed by atoms with Crippen molar-refractivity contribution in [2.24, 2.45) is 17.8 Å². The molecular formula is C33H39N3O4S. The molecule has 2 aromatic carbocycles. The number of carboxylic acid groups (broad SMARTS) is 1. The van der Waals surface area contributed by atoms with Gasteiger partial charge in [-0.3, -0.25) is 9.59 Å². The Bertz CT molecular complexity index is 1410. The van der Waals surface area contributed by atoms with Gasteiger partial charge in [-0.25, -0.2) is 4.98 Å². The first-order valence-corrected chi connectivity index (χ1v) is 15.8. The number of hydrogen-bond donors (Lipinski definition) is 1. The minimum Gasteiger partial charge on any atom is -0.488 e. The van der Waals surface area contributed by atoms with Gasteiger partial charge in [0.15, 0.2) is 5.13 Å². The third-order valence-corrected chi connectivity index (χ3v) is 10.1. The molecule has 216 valence electrons. The highest BCUT2D eigenvalue weighted by atomic mass is 32.1. The molecule has 3 aliphatic rings. The Balaban J connectivity index is 1.15. The molecule has 1 saturated carbocycles. The van der Waals surface area contributed by atoms with Crippen molar-refractivity contribution >= 4 is 28.3 Å². The number of carbonyl (C=O) groups is 2. The lowest BCUT2D eigenvalue weighted by molar-refractivity contribution is -0.144. The number of ether oxygens (including phenoxy) is 1. The molecule has 0 spiro atoms. The molecule has 3 aromatic rings. The molecule has 2 aliphatic heterocycles. The fraction of sp³-hybridized carbons (Fsp3) is 0.485. The highest BCUT2D eigenvalue weighted by molar-refractivity contribution is 7.14. The van der Waals surface area contributed by atoms with E-state index in [1.807, 2.05) is 36.1 Å². The van der Waals surface area contributed by atoms with Crippen molar-refractivity contribution in [2.75, 3.05) is 31.1 Å². The van der Waals surface area contributed by atoms with Crippen LogP contribution in [-0.4, -0.2) is 53.0 Å². The molecule has 3 heterocycles. The number of benzene rings is 2. The van der Waals surface area contributed by atoms with Gasteiger partial charge in [-0.2, -0.15) is 0 Å². The highest BCUT2D eigenvalue weighted by Gasteiger charge is 2.46. The molecule has 0 unspecified atom stereocenters. The molecule has 1 N–H and O–H groups in total. The highest BCUT2D eigenvalue weighted by Crippen LogP contribution is 2.44. The van der Waals surface area contributed by atoms with E-state index in [-0.39, 0.29) is 23.7 Å². The Morgan fingerprint density at radius 1 is 1.00 bits per heavy atom. The van der Waals surface area contributed by atoms with Gasteiger partial charge in [0.1, 0.15) is 12.4 Å². The van der Waals surface area contributed by atoms with Gasteiger partial charge in [-0.05, 0) is 86.8 Å². The van der Waals surface area contributed by atoms with Gasteiger partial charge in [-0.1, -0.05) is 30.5 Å². The summed E-state index contributed by atoms with van der Waals surface area (Å²) in [6, 6.07) is 12.1. The molecule has 1 aromatic heterocycles. The summed E-state index contributed by atoms with van der Waals surface area (Å²) in [4.78, 5) is 34.1. The summed E-state index contributed by atoms with van der Waals surface area (Å²) < 4.78 is 6.38. The van der Waals surface area contributed by atoms with E-state index in [4.69, 9.17) is 9.72 Å². The van der Waals surface area contributed by atoms with Crippen LogP contribution in [0.5, 0.6) is 5.75 Å².